The molecule has 82 valence electrons. The summed E-state index contributed by atoms with van der Waals surface area (Å²) >= 11 is 6.06. The summed E-state index contributed by atoms with van der Waals surface area (Å²) in [7, 11) is -0.112. The third-order valence-corrected chi connectivity index (χ3v) is 2.77. The summed E-state index contributed by atoms with van der Waals surface area (Å²) in [4.78, 5) is 0. The lowest BCUT2D eigenvalue weighted by molar-refractivity contribution is 0.406. The van der Waals surface area contributed by atoms with Gasteiger partial charge in [0.05, 0.1) is 7.11 Å². The van der Waals surface area contributed by atoms with Gasteiger partial charge in [-0.05, 0) is 6.07 Å². The van der Waals surface area contributed by atoms with Crippen molar-refractivity contribution in [2.75, 3.05) is 7.11 Å². The molecule has 0 atom stereocenters. The molecule has 0 bridgehead atoms. The maximum Gasteiger partial charge on any atom is 0.492 e. The van der Waals surface area contributed by atoms with Crippen molar-refractivity contribution in [3.05, 3.63) is 35.4 Å². The van der Waals surface area contributed by atoms with Crippen molar-refractivity contribution in [3.63, 3.8) is 0 Å². The molecule has 0 unspecified atom stereocenters. The van der Waals surface area contributed by atoms with Crippen LogP contribution in [0, 0.1) is 0 Å². The van der Waals surface area contributed by atoms with Gasteiger partial charge >= 0.3 is 7.12 Å². The summed E-state index contributed by atoms with van der Waals surface area (Å²) in [6.07, 6.45) is 0. The first kappa shape index (κ1) is 11.3. The second-order valence-electron chi connectivity index (χ2n) is 3.40. The zero-order valence-corrected chi connectivity index (χ0v) is 9.40. The van der Waals surface area contributed by atoms with Crippen LogP contribution in [-0.4, -0.2) is 24.3 Å². The summed E-state index contributed by atoms with van der Waals surface area (Å²) < 4.78 is 5.20. The molecule has 0 saturated heterocycles. The Morgan fingerprint density at radius 1 is 1.19 bits per heavy atom. The van der Waals surface area contributed by atoms with Crippen LogP contribution in [0.15, 0.2) is 30.3 Å². The van der Waals surface area contributed by atoms with E-state index in [1.54, 1.807) is 0 Å². The van der Waals surface area contributed by atoms with Gasteiger partial charge in [0, 0.05) is 21.3 Å². The molecule has 0 amide bonds. The maximum absolute atomic E-state index is 9.24. The van der Waals surface area contributed by atoms with E-state index < -0.39 is 7.12 Å². The number of halogens is 1. The predicted octanol–water partition coefficient (Wildman–Crippen LogP) is 1.18. The standard InChI is InChI=1S/C11H10BClO3/c1-16-11-8-5-3-2-4-7(8)10(13)6-9(11)12(14)15/h2-6,14-15H,1H3. The van der Waals surface area contributed by atoms with Gasteiger partial charge in [-0.3, -0.25) is 0 Å². The van der Waals surface area contributed by atoms with E-state index in [1.165, 1.54) is 13.2 Å². The molecule has 0 aliphatic carbocycles. The Bertz CT molecular complexity index is 528. The van der Waals surface area contributed by atoms with E-state index in [2.05, 4.69) is 0 Å². The lowest BCUT2D eigenvalue weighted by Crippen LogP contribution is -2.31. The minimum Gasteiger partial charge on any atom is -0.496 e. The van der Waals surface area contributed by atoms with E-state index in [0.29, 0.717) is 10.8 Å². The van der Waals surface area contributed by atoms with Crippen molar-refractivity contribution >= 4 is 35.0 Å². The number of hydrogen-bond donors (Lipinski definition) is 2. The molecule has 0 fully saturated rings. The fourth-order valence-electron chi connectivity index (χ4n) is 1.74. The second kappa shape index (κ2) is 4.33. The maximum atomic E-state index is 9.24. The average molecular weight is 236 g/mol. The number of methoxy groups -OCH3 is 1. The highest BCUT2D eigenvalue weighted by Gasteiger charge is 2.20. The Kier molecular flexibility index (Phi) is 3.05. The van der Waals surface area contributed by atoms with E-state index in [1.807, 2.05) is 24.3 Å². The number of ether oxygens (including phenoxy) is 1. The highest BCUT2D eigenvalue weighted by atomic mass is 35.5. The monoisotopic (exact) mass is 236 g/mol. The fraction of sp³-hybridized carbons (Fsp3) is 0.0909. The minimum absolute atomic E-state index is 0.270. The minimum atomic E-state index is -1.60. The third-order valence-electron chi connectivity index (χ3n) is 2.46. The van der Waals surface area contributed by atoms with Crippen LogP contribution in [0.5, 0.6) is 5.75 Å². The molecule has 0 spiro atoms. The van der Waals surface area contributed by atoms with Crippen molar-refractivity contribution in [1.29, 1.82) is 0 Å². The average Bonchev–Trinajstić information content (AvgIpc) is 2.29. The van der Waals surface area contributed by atoms with Gasteiger partial charge < -0.3 is 14.8 Å². The summed E-state index contributed by atoms with van der Waals surface area (Å²) in [6.45, 7) is 0. The van der Waals surface area contributed by atoms with Crippen LogP contribution in [0.1, 0.15) is 0 Å². The van der Waals surface area contributed by atoms with Gasteiger partial charge in [0.25, 0.3) is 0 Å². The van der Waals surface area contributed by atoms with Gasteiger partial charge in [0.1, 0.15) is 5.75 Å². The smallest absolute Gasteiger partial charge is 0.492 e. The first-order chi connectivity index (χ1) is 7.65. The van der Waals surface area contributed by atoms with Crippen LogP contribution in [0.25, 0.3) is 10.8 Å². The molecule has 0 aromatic heterocycles. The predicted molar refractivity (Wildman–Crippen MR) is 65.3 cm³/mol. The summed E-state index contributed by atoms with van der Waals surface area (Å²) in [5.74, 6) is 0.440. The molecule has 3 nitrogen and oxygen atoms in total. The molecule has 2 N–H and O–H groups in total. The Balaban J connectivity index is 2.85. The lowest BCUT2D eigenvalue weighted by Gasteiger charge is -2.12. The van der Waals surface area contributed by atoms with Gasteiger partial charge in [0.15, 0.2) is 0 Å². The highest BCUT2D eigenvalue weighted by Crippen LogP contribution is 2.29. The van der Waals surface area contributed by atoms with Crippen LogP contribution in [-0.2, 0) is 0 Å². The van der Waals surface area contributed by atoms with E-state index in [-0.39, 0.29) is 5.46 Å². The zero-order chi connectivity index (χ0) is 11.7. The molecule has 0 radical (unpaired) electrons. The van der Waals surface area contributed by atoms with Crippen molar-refractivity contribution in [1.82, 2.24) is 0 Å². The van der Waals surface area contributed by atoms with Gasteiger partial charge in [-0.1, -0.05) is 35.9 Å². The zero-order valence-electron chi connectivity index (χ0n) is 8.64. The second-order valence-corrected chi connectivity index (χ2v) is 3.81. The van der Waals surface area contributed by atoms with E-state index >= 15 is 0 Å². The van der Waals surface area contributed by atoms with Gasteiger partial charge in [-0.15, -0.1) is 0 Å². The lowest BCUT2D eigenvalue weighted by atomic mass is 9.78. The molecule has 2 aromatic carbocycles. The molecule has 0 heterocycles. The third kappa shape index (κ3) is 1.75. The van der Waals surface area contributed by atoms with Crippen molar-refractivity contribution in [3.8, 4) is 5.75 Å². The molecule has 0 saturated carbocycles. The normalized spacial score (nSPS) is 10.5. The summed E-state index contributed by atoms with van der Waals surface area (Å²) in [5, 5.41) is 20.5. The van der Waals surface area contributed by atoms with E-state index in [9.17, 15) is 10.0 Å². The van der Waals surface area contributed by atoms with Crippen LogP contribution in [0.2, 0.25) is 5.02 Å². The molecular formula is C11H10BClO3. The Labute approximate surface area is 98.4 Å². The first-order valence-electron chi connectivity index (χ1n) is 4.76. The highest BCUT2D eigenvalue weighted by molar-refractivity contribution is 6.61. The van der Waals surface area contributed by atoms with Crippen molar-refractivity contribution in [2.45, 2.75) is 0 Å². The number of benzene rings is 2. The number of rotatable bonds is 2. The largest absolute Gasteiger partial charge is 0.496 e. The molecule has 2 aromatic rings. The topological polar surface area (TPSA) is 49.7 Å². The molecule has 2 rings (SSSR count). The Morgan fingerprint density at radius 3 is 2.38 bits per heavy atom. The van der Waals surface area contributed by atoms with Gasteiger partial charge in [-0.25, -0.2) is 0 Å². The SMILES string of the molecule is COc1c(B(O)O)cc(Cl)c2ccccc12. The Morgan fingerprint density at radius 2 is 1.81 bits per heavy atom. The molecule has 0 aliphatic heterocycles. The summed E-state index contributed by atoms with van der Waals surface area (Å²) in [5.41, 5.74) is 0.270. The molecule has 16 heavy (non-hydrogen) atoms. The Hall–Kier alpha value is -1.23. The molecular weight excluding hydrogens is 226 g/mol. The quantitative estimate of drug-likeness (QED) is 0.770. The van der Waals surface area contributed by atoms with E-state index in [4.69, 9.17) is 16.3 Å². The van der Waals surface area contributed by atoms with Crippen LogP contribution >= 0.6 is 11.6 Å². The van der Waals surface area contributed by atoms with E-state index in [0.717, 1.165) is 10.8 Å². The van der Waals surface area contributed by atoms with Crippen LogP contribution in [0.3, 0.4) is 0 Å². The molecule has 0 aliphatic rings. The van der Waals surface area contributed by atoms with Crippen LogP contribution < -0.4 is 10.2 Å². The van der Waals surface area contributed by atoms with Crippen LogP contribution in [0.4, 0.5) is 0 Å². The fourth-order valence-corrected chi connectivity index (χ4v) is 2.03. The summed E-state index contributed by atoms with van der Waals surface area (Å²) in [6, 6.07) is 8.89. The van der Waals surface area contributed by atoms with Crippen molar-refractivity contribution in [2.24, 2.45) is 0 Å². The number of fused-ring (bicyclic) bond motifs is 1. The first-order valence-corrected chi connectivity index (χ1v) is 5.14. The van der Waals surface area contributed by atoms with Crippen molar-refractivity contribution < 1.29 is 14.8 Å². The van der Waals surface area contributed by atoms with Gasteiger partial charge in [-0.2, -0.15) is 0 Å². The van der Waals surface area contributed by atoms with Gasteiger partial charge in [0.2, 0.25) is 0 Å². The number of hydrogen-bond acceptors (Lipinski definition) is 3. The molecule has 5 heteroatoms.